The smallest absolute Gasteiger partial charge is 0.272 e. The van der Waals surface area contributed by atoms with Crippen LogP contribution >= 0.6 is 0 Å². The van der Waals surface area contributed by atoms with Gasteiger partial charge in [0.15, 0.2) is 0 Å². The number of aromatic nitrogens is 1. The Hall–Kier alpha value is -2.95. The molecule has 0 fully saturated rings. The Morgan fingerprint density at radius 2 is 1.85 bits per heavy atom. The first kappa shape index (κ1) is 18.8. The first-order valence-electron chi connectivity index (χ1n) is 9.19. The molecule has 142 valence electrons. The number of nitrogens with zero attached hydrogens (tertiary/aromatic N) is 1. The molecule has 27 heavy (non-hydrogen) atoms. The predicted octanol–water partition coefficient (Wildman–Crippen LogP) is 4.80. The molecule has 0 radical (unpaired) electrons. The summed E-state index contributed by atoms with van der Waals surface area (Å²) in [7, 11) is 3.18. The average Bonchev–Trinajstić information content (AvgIpc) is 2.99. The normalized spacial score (nSPS) is 10.9. The third kappa shape index (κ3) is 3.37. The molecule has 3 rings (SSSR count). The fourth-order valence-corrected chi connectivity index (χ4v) is 3.50. The number of benzene rings is 2. The van der Waals surface area contributed by atoms with E-state index in [4.69, 9.17) is 9.47 Å². The van der Waals surface area contributed by atoms with Gasteiger partial charge in [0.1, 0.15) is 17.2 Å². The van der Waals surface area contributed by atoms with E-state index in [-0.39, 0.29) is 5.91 Å². The highest BCUT2D eigenvalue weighted by Crippen LogP contribution is 2.31. The molecule has 1 N–H and O–H groups in total. The number of carbonyl (C=O) groups excluding carboxylic acids is 1. The molecular weight excluding hydrogens is 340 g/mol. The Morgan fingerprint density at radius 1 is 1.07 bits per heavy atom. The molecule has 3 aromatic rings. The summed E-state index contributed by atoms with van der Waals surface area (Å²) in [6, 6.07) is 11.8. The Balaban J connectivity index is 2.07. The predicted molar refractivity (Wildman–Crippen MR) is 109 cm³/mol. The maximum atomic E-state index is 13.2. The van der Waals surface area contributed by atoms with Crippen LogP contribution in [0.3, 0.4) is 0 Å². The van der Waals surface area contributed by atoms with Crippen molar-refractivity contribution in [3.63, 3.8) is 0 Å². The van der Waals surface area contributed by atoms with Crippen LogP contribution in [0.5, 0.6) is 11.5 Å². The van der Waals surface area contributed by atoms with Crippen molar-refractivity contribution in [3.8, 4) is 11.5 Å². The lowest BCUT2D eigenvalue weighted by atomic mass is 10.1. The summed E-state index contributed by atoms with van der Waals surface area (Å²) in [5.74, 6) is 1.09. The van der Waals surface area contributed by atoms with E-state index in [9.17, 15) is 4.79 Å². The van der Waals surface area contributed by atoms with Crippen molar-refractivity contribution in [2.45, 2.75) is 33.7 Å². The maximum absolute atomic E-state index is 13.2. The summed E-state index contributed by atoms with van der Waals surface area (Å²) >= 11 is 0. The van der Waals surface area contributed by atoms with Crippen LogP contribution in [0.15, 0.2) is 36.4 Å². The topological polar surface area (TPSA) is 52.5 Å². The van der Waals surface area contributed by atoms with Gasteiger partial charge < -0.3 is 19.4 Å². The van der Waals surface area contributed by atoms with E-state index in [1.54, 1.807) is 32.4 Å². The third-order valence-electron chi connectivity index (χ3n) is 4.98. The van der Waals surface area contributed by atoms with Crippen molar-refractivity contribution in [2.24, 2.45) is 0 Å². The lowest BCUT2D eigenvalue weighted by molar-refractivity contribution is 0.101. The van der Waals surface area contributed by atoms with Crippen molar-refractivity contribution in [3.05, 3.63) is 53.2 Å². The largest absolute Gasteiger partial charge is 0.497 e. The van der Waals surface area contributed by atoms with Gasteiger partial charge in [-0.25, -0.2) is 0 Å². The molecule has 0 saturated carbocycles. The van der Waals surface area contributed by atoms with Gasteiger partial charge in [0, 0.05) is 23.5 Å². The van der Waals surface area contributed by atoms with Crippen molar-refractivity contribution < 1.29 is 14.3 Å². The Bertz CT molecular complexity index is 989. The third-order valence-corrected chi connectivity index (χ3v) is 4.98. The van der Waals surface area contributed by atoms with Gasteiger partial charge in [0.05, 0.1) is 19.9 Å². The van der Waals surface area contributed by atoms with Crippen molar-refractivity contribution in [1.29, 1.82) is 0 Å². The number of anilines is 1. The number of carbonyl (C=O) groups is 1. The standard InChI is InChI=1S/C22H26N2O3/c1-6-15-8-10-19-17(12-15)14(3)21(24(19)7-2)22(25)23-18-13-16(26-4)9-11-20(18)27-5/h8-13H,6-7H2,1-5H3,(H,23,25). The molecule has 5 nitrogen and oxygen atoms in total. The second kappa shape index (κ2) is 7.74. The quantitative estimate of drug-likeness (QED) is 0.682. The van der Waals surface area contributed by atoms with E-state index in [1.807, 2.05) is 6.92 Å². The summed E-state index contributed by atoms with van der Waals surface area (Å²) in [5.41, 5.74) is 4.59. The SMILES string of the molecule is CCc1ccc2c(c1)c(C)c(C(=O)Nc1cc(OC)ccc1OC)n2CC. The van der Waals surface area contributed by atoms with E-state index in [1.165, 1.54) is 5.56 Å². The Kier molecular flexibility index (Phi) is 5.40. The van der Waals surface area contributed by atoms with Crippen LogP contribution in [0.2, 0.25) is 0 Å². The molecule has 5 heteroatoms. The molecule has 0 atom stereocenters. The molecule has 1 aromatic heterocycles. The summed E-state index contributed by atoms with van der Waals surface area (Å²) < 4.78 is 12.7. The zero-order valence-electron chi connectivity index (χ0n) is 16.6. The molecular formula is C22H26N2O3. The molecule has 0 bridgehead atoms. The van der Waals surface area contributed by atoms with Gasteiger partial charge in [0.2, 0.25) is 0 Å². The van der Waals surface area contributed by atoms with Gasteiger partial charge in [-0.1, -0.05) is 13.0 Å². The second-order valence-electron chi connectivity index (χ2n) is 6.44. The van der Waals surface area contributed by atoms with Gasteiger partial charge in [-0.15, -0.1) is 0 Å². The maximum Gasteiger partial charge on any atom is 0.272 e. The van der Waals surface area contributed by atoms with Crippen molar-refractivity contribution in [1.82, 2.24) is 4.57 Å². The fraction of sp³-hybridized carbons (Fsp3) is 0.318. The number of fused-ring (bicyclic) bond motifs is 1. The molecule has 2 aromatic carbocycles. The number of amides is 1. The zero-order chi connectivity index (χ0) is 19.6. The number of nitrogens with one attached hydrogen (secondary N) is 1. The lowest BCUT2D eigenvalue weighted by Gasteiger charge is -2.13. The van der Waals surface area contributed by atoms with Gasteiger partial charge in [-0.3, -0.25) is 4.79 Å². The molecule has 0 saturated heterocycles. The van der Waals surface area contributed by atoms with Crippen molar-refractivity contribution >= 4 is 22.5 Å². The Morgan fingerprint density at radius 3 is 2.48 bits per heavy atom. The summed E-state index contributed by atoms with van der Waals surface area (Å²) in [4.78, 5) is 13.2. The van der Waals surface area contributed by atoms with Crippen LogP contribution in [0.25, 0.3) is 10.9 Å². The number of methoxy groups -OCH3 is 2. The van der Waals surface area contributed by atoms with Gasteiger partial charge in [0.25, 0.3) is 5.91 Å². The minimum absolute atomic E-state index is 0.157. The first-order chi connectivity index (χ1) is 13.0. The number of ether oxygens (including phenoxy) is 2. The van der Waals surface area contributed by atoms with Gasteiger partial charge in [-0.2, -0.15) is 0 Å². The number of rotatable bonds is 6. The van der Waals surface area contributed by atoms with Gasteiger partial charge in [-0.05, 0) is 55.7 Å². The molecule has 0 aliphatic carbocycles. The number of hydrogen-bond donors (Lipinski definition) is 1. The van der Waals surface area contributed by atoms with E-state index in [0.717, 1.165) is 22.9 Å². The minimum atomic E-state index is -0.157. The Labute approximate surface area is 159 Å². The molecule has 1 amide bonds. The van der Waals surface area contributed by atoms with E-state index < -0.39 is 0 Å². The second-order valence-corrected chi connectivity index (χ2v) is 6.44. The fourth-order valence-electron chi connectivity index (χ4n) is 3.50. The molecule has 0 spiro atoms. The van der Waals surface area contributed by atoms with Crippen LogP contribution in [-0.2, 0) is 13.0 Å². The molecule has 0 unspecified atom stereocenters. The lowest BCUT2D eigenvalue weighted by Crippen LogP contribution is -2.18. The van der Waals surface area contributed by atoms with Crippen LogP contribution < -0.4 is 14.8 Å². The van der Waals surface area contributed by atoms with Crippen LogP contribution in [0.1, 0.15) is 35.5 Å². The molecule has 0 aliphatic rings. The van der Waals surface area contributed by atoms with Crippen LogP contribution in [0.4, 0.5) is 5.69 Å². The van der Waals surface area contributed by atoms with E-state index in [2.05, 4.69) is 41.9 Å². The summed E-state index contributed by atoms with van der Waals surface area (Å²) in [6.45, 7) is 6.91. The van der Waals surface area contributed by atoms with E-state index >= 15 is 0 Å². The zero-order valence-corrected chi connectivity index (χ0v) is 16.6. The van der Waals surface area contributed by atoms with E-state index in [0.29, 0.717) is 29.4 Å². The highest BCUT2D eigenvalue weighted by Gasteiger charge is 2.21. The first-order valence-corrected chi connectivity index (χ1v) is 9.19. The van der Waals surface area contributed by atoms with Crippen molar-refractivity contribution in [2.75, 3.05) is 19.5 Å². The summed E-state index contributed by atoms with van der Waals surface area (Å²) in [6.07, 6.45) is 0.967. The van der Waals surface area contributed by atoms with Gasteiger partial charge >= 0.3 is 0 Å². The molecule has 0 aliphatic heterocycles. The average molecular weight is 366 g/mol. The summed E-state index contributed by atoms with van der Waals surface area (Å²) in [5, 5.41) is 4.12. The number of aryl methyl sites for hydroxylation is 3. The minimum Gasteiger partial charge on any atom is -0.497 e. The monoisotopic (exact) mass is 366 g/mol. The number of hydrogen-bond acceptors (Lipinski definition) is 3. The highest BCUT2D eigenvalue weighted by atomic mass is 16.5. The molecule has 1 heterocycles. The van der Waals surface area contributed by atoms with Crippen LogP contribution in [-0.4, -0.2) is 24.7 Å². The highest BCUT2D eigenvalue weighted by molar-refractivity contribution is 6.09. The van der Waals surface area contributed by atoms with Crippen LogP contribution in [0, 0.1) is 6.92 Å².